The highest BCUT2D eigenvalue weighted by Gasteiger charge is 2.08. The summed E-state index contributed by atoms with van der Waals surface area (Å²) in [4.78, 5) is 23.2. The van der Waals surface area contributed by atoms with Crippen LogP contribution >= 0.6 is 0 Å². The Bertz CT molecular complexity index is 530. The Morgan fingerprint density at radius 1 is 0.846 bits per heavy atom. The molecule has 0 saturated carbocycles. The van der Waals surface area contributed by atoms with Gasteiger partial charge in [0.2, 0.25) is 0 Å². The fraction of sp³-hybridized carbons (Fsp3) is 0.619. The number of hydrogen-bond acceptors (Lipinski definition) is 4. The zero-order chi connectivity index (χ0) is 19.0. The Kier molecular flexibility index (Phi) is 12.2. The number of carbonyl (C=O) groups is 2. The first-order chi connectivity index (χ1) is 12.6. The van der Waals surface area contributed by atoms with Gasteiger partial charge in [-0.25, -0.2) is 4.39 Å². The minimum Gasteiger partial charge on any atom is -0.466 e. The number of unbranched alkanes of at least 4 members (excludes halogenated alkanes) is 5. The van der Waals surface area contributed by atoms with E-state index in [1.165, 1.54) is 31.7 Å². The van der Waals surface area contributed by atoms with Crippen LogP contribution in [0.5, 0.6) is 0 Å². The number of benzene rings is 1. The molecule has 0 radical (unpaired) electrons. The lowest BCUT2D eigenvalue weighted by molar-refractivity contribution is -0.145. The smallest absolute Gasteiger partial charge is 0.305 e. The summed E-state index contributed by atoms with van der Waals surface area (Å²) < 4.78 is 23.6. The van der Waals surface area contributed by atoms with Crippen molar-refractivity contribution in [1.29, 1.82) is 0 Å². The molecule has 0 spiro atoms. The van der Waals surface area contributed by atoms with Crippen molar-refractivity contribution in [3.63, 3.8) is 0 Å². The van der Waals surface area contributed by atoms with Crippen LogP contribution in [-0.2, 0) is 25.5 Å². The maximum absolute atomic E-state index is 13.4. The van der Waals surface area contributed by atoms with Crippen LogP contribution in [0.3, 0.4) is 0 Å². The highest BCUT2D eigenvalue weighted by molar-refractivity contribution is 5.72. The van der Waals surface area contributed by atoms with Gasteiger partial charge in [0.1, 0.15) is 5.82 Å². The SMILES string of the molecule is CCCCCCCCOC(=O)CCCC(=O)OCCc1ccccc1F. The van der Waals surface area contributed by atoms with Crippen LogP contribution in [0.2, 0.25) is 0 Å². The Morgan fingerprint density at radius 3 is 2.15 bits per heavy atom. The molecule has 0 heterocycles. The summed E-state index contributed by atoms with van der Waals surface area (Å²) in [6, 6.07) is 6.42. The van der Waals surface area contributed by atoms with E-state index >= 15 is 0 Å². The number of esters is 2. The van der Waals surface area contributed by atoms with Gasteiger partial charge < -0.3 is 9.47 Å². The molecular weight excluding hydrogens is 335 g/mol. The Balaban J connectivity index is 1.98. The molecule has 0 fully saturated rings. The Morgan fingerprint density at radius 2 is 1.46 bits per heavy atom. The van der Waals surface area contributed by atoms with E-state index in [0.29, 0.717) is 25.0 Å². The van der Waals surface area contributed by atoms with Gasteiger partial charge in [-0.1, -0.05) is 57.2 Å². The number of carbonyl (C=O) groups excluding carboxylic acids is 2. The van der Waals surface area contributed by atoms with Gasteiger partial charge in [0.05, 0.1) is 13.2 Å². The molecule has 1 aromatic carbocycles. The molecular formula is C21H31FO4. The summed E-state index contributed by atoms with van der Waals surface area (Å²) in [5.41, 5.74) is 0.526. The molecule has 0 aliphatic carbocycles. The van der Waals surface area contributed by atoms with E-state index in [4.69, 9.17) is 9.47 Å². The fourth-order valence-electron chi connectivity index (χ4n) is 2.57. The summed E-state index contributed by atoms with van der Waals surface area (Å²) in [6.45, 7) is 2.78. The van der Waals surface area contributed by atoms with Crippen LogP contribution in [-0.4, -0.2) is 25.2 Å². The van der Waals surface area contributed by atoms with Gasteiger partial charge in [-0.05, 0) is 24.5 Å². The van der Waals surface area contributed by atoms with Gasteiger partial charge in [0.15, 0.2) is 0 Å². The summed E-state index contributed by atoms with van der Waals surface area (Å²) >= 11 is 0. The second kappa shape index (κ2) is 14.3. The predicted octanol–water partition coefficient (Wildman–Crippen LogP) is 4.99. The maximum atomic E-state index is 13.4. The molecule has 0 aromatic heterocycles. The first-order valence-electron chi connectivity index (χ1n) is 9.68. The fourth-order valence-corrected chi connectivity index (χ4v) is 2.57. The second-order valence-corrected chi connectivity index (χ2v) is 6.40. The first kappa shape index (κ1) is 22.1. The van der Waals surface area contributed by atoms with Crippen LogP contribution in [0, 0.1) is 5.82 Å². The van der Waals surface area contributed by atoms with Gasteiger partial charge in [0.25, 0.3) is 0 Å². The topological polar surface area (TPSA) is 52.6 Å². The molecule has 0 aliphatic rings. The Labute approximate surface area is 156 Å². The lowest BCUT2D eigenvalue weighted by atomic mass is 10.1. The molecule has 4 nitrogen and oxygen atoms in total. The van der Waals surface area contributed by atoms with Crippen molar-refractivity contribution < 1.29 is 23.5 Å². The summed E-state index contributed by atoms with van der Waals surface area (Å²) in [6.07, 6.45) is 8.04. The highest BCUT2D eigenvalue weighted by Crippen LogP contribution is 2.08. The third-order valence-corrected chi connectivity index (χ3v) is 4.12. The molecule has 5 heteroatoms. The summed E-state index contributed by atoms with van der Waals surface area (Å²) in [5.74, 6) is -0.931. The van der Waals surface area contributed by atoms with E-state index in [9.17, 15) is 14.0 Å². The third kappa shape index (κ3) is 10.9. The Hall–Kier alpha value is -1.91. The first-order valence-corrected chi connectivity index (χ1v) is 9.68. The van der Waals surface area contributed by atoms with Crippen molar-refractivity contribution in [1.82, 2.24) is 0 Å². The lowest BCUT2D eigenvalue weighted by Gasteiger charge is -2.06. The molecule has 0 atom stereocenters. The van der Waals surface area contributed by atoms with Crippen molar-refractivity contribution in [3.8, 4) is 0 Å². The summed E-state index contributed by atoms with van der Waals surface area (Å²) in [5, 5.41) is 0. The summed E-state index contributed by atoms with van der Waals surface area (Å²) in [7, 11) is 0. The van der Waals surface area contributed by atoms with E-state index in [1.54, 1.807) is 18.2 Å². The monoisotopic (exact) mass is 366 g/mol. The third-order valence-electron chi connectivity index (χ3n) is 4.12. The van der Waals surface area contributed by atoms with Crippen molar-refractivity contribution in [3.05, 3.63) is 35.6 Å². The predicted molar refractivity (Wildman–Crippen MR) is 99.2 cm³/mol. The van der Waals surface area contributed by atoms with Crippen molar-refractivity contribution in [2.24, 2.45) is 0 Å². The molecule has 0 unspecified atom stereocenters. The largest absolute Gasteiger partial charge is 0.466 e. The van der Waals surface area contributed by atoms with Crippen molar-refractivity contribution in [2.75, 3.05) is 13.2 Å². The lowest BCUT2D eigenvalue weighted by Crippen LogP contribution is -2.10. The minimum atomic E-state index is -0.370. The number of halogens is 1. The van der Waals surface area contributed by atoms with Crippen LogP contribution in [0.4, 0.5) is 4.39 Å². The van der Waals surface area contributed by atoms with Gasteiger partial charge in [-0.2, -0.15) is 0 Å². The van der Waals surface area contributed by atoms with Crippen molar-refractivity contribution >= 4 is 11.9 Å². The van der Waals surface area contributed by atoms with E-state index in [2.05, 4.69) is 6.92 Å². The van der Waals surface area contributed by atoms with E-state index in [-0.39, 0.29) is 37.2 Å². The second-order valence-electron chi connectivity index (χ2n) is 6.40. The molecule has 0 bridgehead atoms. The minimum absolute atomic E-state index is 0.141. The van der Waals surface area contributed by atoms with Crippen LogP contribution in [0.25, 0.3) is 0 Å². The number of ether oxygens (including phenoxy) is 2. The molecule has 146 valence electrons. The molecule has 0 saturated heterocycles. The quantitative estimate of drug-likeness (QED) is 0.344. The average Bonchev–Trinajstić information content (AvgIpc) is 2.62. The van der Waals surface area contributed by atoms with E-state index in [1.807, 2.05) is 0 Å². The van der Waals surface area contributed by atoms with Crippen LogP contribution in [0.1, 0.15) is 70.3 Å². The normalized spacial score (nSPS) is 10.5. The molecule has 1 rings (SSSR count). The van der Waals surface area contributed by atoms with Crippen LogP contribution < -0.4 is 0 Å². The molecule has 0 aliphatic heterocycles. The zero-order valence-electron chi connectivity index (χ0n) is 15.8. The van der Waals surface area contributed by atoms with E-state index < -0.39 is 0 Å². The molecule has 26 heavy (non-hydrogen) atoms. The molecule has 1 aromatic rings. The van der Waals surface area contributed by atoms with Crippen molar-refractivity contribution in [2.45, 2.75) is 71.1 Å². The number of rotatable bonds is 14. The maximum Gasteiger partial charge on any atom is 0.305 e. The highest BCUT2D eigenvalue weighted by atomic mass is 19.1. The van der Waals surface area contributed by atoms with Gasteiger partial charge in [0, 0.05) is 19.3 Å². The standard InChI is InChI=1S/C21H31FO4/c1-2-3-4-5-6-9-16-25-20(23)13-10-14-21(24)26-17-15-18-11-7-8-12-19(18)22/h7-8,11-12H,2-6,9-10,13-17H2,1H3. The average molecular weight is 366 g/mol. The van der Waals surface area contributed by atoms with Gasteiger partial charge >= 0.3 is 11.9 Å². The molecule has 0 amide bonds. The molecule has 0 N–H and O–H groups in total. The van der Waals surface area contributed by atoms with Crippen LogP contribution in [0.15, 0.2) is 24.3 Å². The van der Waals surface area contributed by atoms with E-state index in [0.717, 1.165) is 12.8 Å². The number of hydrogen-bond donors (Lipinski definition) is 0. The van der Waals surface area contributed by atoms with Gasteiger partial charge in [-0.3, -0.25) is 9.59 Å². The van der Waals surface area contributed by atoms with Gasteiger partial charge in [-0.15, -0.1) is 0 Å². The zero-order valence-corrected chi connectivity index (χ0v) is 15.8.